The topological polar surface area (TPSA) is 50.7 Å². The summed E-state index contributed by atoms with van der Waals surface area (Å²) >= 11 is 0. The fourth-order valence-corrected chi connectivity index (χ4v) is 2.18. The molecule has 0 spiro atoms. The molecule has 2 rings (SSSR count). The summed E-state index contributed by atoms with van der Waals surface area (Å²) in [6, 6.07) is 13.6. The molecule has 0 heterocycles. The van der Waals surface area contributed by atoms with E-state index in [4.69, 9.17) is 14.6 Å². The van der Waals surface area contributed by atoms with Crippen molar-refractivity contribution in [3.8, 4) is 11.5 Å². The van der Waals surface area contributed by atoms with Crippen LogP contribution in [0.4, 0.5) is 5.69 Å². The Balaban J connectivity index is 2.13. The zero-order valence-corrected chi connectivity index (χ0v) is 12.4. The number of anilines is 1. The van der Waals surface area contributed by atoms with Gasteiger partial charge in [-0.15, -0.1) is 0 Å². The molecular weight excluding hydrogens is 266 g/mol. The Bertz CT molecular complexity index is 584. The van der Waals surface area contributed by atoms with Gasteiger partial charge in [-0.2, -0.15) is 0 Å². The minimum absolute atomic E-state index is 0.0403. The van der Waals surface area contributed by atoms with Crippen molar-refractivity contribution in [3.05, 3.63) is 53.6 Å². The van der Waals surface area contributed by atoms with Gasteiger partial charge < -0.3 is 19.9 Å². The van der Waals surface area contributed by atoms with Crippen LogP contribution in [0.15, 0.2) is 42.5 Å². The van der Waals surface area contributed by atoms with Crippen LogP contribution in [0.1, 0.15) is 18.1 Å². The Labute approximate surface area is 125 Å². The fourth-order valence-electron chi connectivity index (χ4n) is 2.18. The van der Waals surface area contributed by atoms with Crippen LogP contribution < -0.4 is 14.8 Å². The summed E-state index contributed by atoms with van der Waals surface area (Å²) in [5, 5.41) is 12.5. The third-order valence-corrected chi connectivity index (χ3v) is 3.16. The number of aliphatic hydroxyl groups is 1. The molecule has 0 aromatic heterocycles. The molecule has 0 aliphatic carbocycles. The van der Waals surface area contributed by atoms with Gasteiger partial charge in [-0.3, -0.25) is 0 Å². The van der Waals surface area contributed by atoms with Crippen LogP contribution in [0.2, 0.25) is 0 Å². The number of nitrogens with one attached hydrogen (secondary N) is 1. The molecule has 2 aromatic carbocycles. The monoisotopic (exact) mass is 287 g/mol. The molecule has 2 N–H and O–H groups in total. The van der Waals surface area contributed by atoms with Gasteiger partial charge in [0.1, 0.15) is 0 Å². The van der Waals surface area contributed by atoms with E-state index >= 15 is 0 Å². The standard InChI is InChI=1S/C17H21NO3/c1-3-21-16-9-5-7-14(17(16)20-2)11-18-15-8-4-6-13(10-15)12-19/h4-10,18-19H,3,11-12H2,1-2H3. The third-order valence-electron chi connectivity index (χ3n) is 3.16. The molecule has 0 aliphatic rings. The molecule has 2 aromatic rings. The van der Waals surface area contributed by atoms with Gasteiger partial charge in [0.25, 0.3) is 0 Å². The summed E-state index contributed by atoms with van der Waals surface area (Å²) in [5.41, 5.74) is 2.87. The quantitative estimate of drug-likeness (QED) is 0.821. The largest absolute Gasteiger partial charge is 0.493 e. The van der Waals surface area contributed by atoms with Gasteiger partial charge in [0.05, 0.1) is 20.3 Å². The molecule has 112 valence electrons. The molecule has 0 saturated carbocycles. The third kappa shape index (κ3) is 3.89. The highest BCUT2D eigenvalue weighted by Crippen LogP contribution is 2.31. The summed E-state index contributed by atoms with van der Waals surface area (Å²) in [5.74, 6) is 1.51. The second kappa shape index (κ2) is 7.55. The van der Waals surface area contributed by atoms with Crippen LogP contribution >= 0.6 is 0 Å². The first kappa shape index (κ1) is 15.2. The summed E-state index contributed by atoms with van der Waals surface area (Å²) in [6.07, 6.45) is 0. The van der Waals surface area contributed by atoms with Crippen molar-refractivity contribution >= 4 is 5.69 Å². The van der Waals surface area contributed by atoms with E-state index in [9.17, 15) is 0 Å². The van der Waals surface area contributed by atoms with Crippen LogP contribution in [-0.4, -0.2) is 18.8 Å². The van der Waals surface area contributed by atoms with E-state index in [-0.39, 0.29) is 6.61 Å². The lowest BCUT2D eigenvalue weighted by atomic mass is 10.1. The molecular formula is C17H21NO3. The minimum atomic E-state index is 0.0403. The van der Waals surface area contributed by atoms with Gasteiger partial charge in [-0.1, -0.05) is 24.3 Å². The number of benzene rings is 2. The second-order valence-corrected chi connectivity index (χ2v) is 4.59. The van der Waals surface area contributed by atoms with Crippen LogP contribution in [0.3, 0.4) is 0 Å². The van der Waals surface area contributed by atoms with Crippen LogP contribution in [-0.2, 0) is 13.2 Å². The Kier molecular flexibility index (Phi) is 5.46. The van der Waals surface area contributed by atoms with Gasteiger partial charge >= 0.3 is 0 Å². The molecule has 4 nitrogen and oxygen atoms in total. The number of hydrogen-bond acceptors (Lipinski definition) is 4. The predicted octanol–water partition coefficient (Wildman–Crippen LogP) is 3.20. The molecule has 0 amide bonds. The average molecular weight is 287 g/mol. The van der Waals surface area contributed by atoms with E-state index in [1.54, 1.807) is 7.11 Å². The predicted molar refractivity (Wildman–Crippen MR) is 83.9 cm³/mol. The van der Waals surface area contributed by atoms with Crippen molar-refractivity contribution in [1.29, 1.82) is 0 Å². The molecule has 0 fully saturated rings. The lowest BCUT2D eigenvalue weighted by molar-refractivity contribution is 0.282. The highest BCUT2D eigenvalue weighted by Gasteiger charge is 2.09. The Hall–Kier alpha value is -2.20. The van der Waals surface area contributed by atoms with Gasteiger partial charge in [0.15, 0.2) is 11.5 Å². The van der Waals surface area contributed by atoms with Crippen LogP contribution in [0.25, 0.3) is 0 Å². The van der Waals surface area contributed by atoms with E-state index in [2.05, 4.69) is 5.32 Å². The van der Waals surface area contributed by atoms with Crippen molar-refractivity contribution in [2.24, 2.45) is 0 Å². The number of methoxy groups -OCH3 is 1. The van der Waals surface area contributed by atoms with E-state index < -0.39 is 0 Å². The number of para-hydroxylation sites is 1. The van der Waals surface area contributed by atoms with E-state index in [0.717, 1.165) is 28.3 Å². The fraction of sp³-hybridized carbons (Fsp3) is 0.294. The number of aliphatic hydroxyl groups excluding tert-OH is 1. The van der Waals surface area contributed by atoms with Gasteiger partial charge in [-0.05, 0) is 30.7 Å². The van der Waals surface area contributed by atoms with Crippen molar-refractivity contribution < 1.29 is 14.6 Å². The highest BCUT2D eigenvalue weighted by molar-refractivity contribution is 5.50. The highest BCUT2D eigenvalue weighted by atomic mass is 16.5. The summed E-state index contributed by atoms with van der Waals surface area (Å²) in [6.45, 7) is 3.22. The molecule has 0 aliphatic heterocycles. The summed E-state index contributed by atoms with van der Waals surface area (Å²) < 4.78 is 11.0. The second-order valence-electron chi connectivity index (χ2n) is 4.59. The molecule has 0 bridgehead atoms. The zero-order valence-electron chi connectivity index (χ0n) is 12.4. The molecule has 0 unspecified atom stereocenters. The van der Waals surface area contributed by atoms with Gasteiger partial charge in [-0.25, -0.2) is 0 Å². The average Bonchev–Trinajstić information content (AvgIpc) is 2.53. The molecule has 4 heteroatoms. The number of hydrogen-bond donors (Lipinski definition) is 2. The maximum atomic E-state index is 9.16. The van der Waals surface area contributed by atoms with Crippen molar-refractivity contribution in [2.75, 3.05) is 19.0 Å². The van der Waals surface area contributed by atoms with Crippen LogP contribution in [0.5, 0.6) is 11.5 Å². The smallest absolute Gasteiger partial charge is 0.165 e. The van der Waals surface area contributed by atoms with Gasteiger partial charge in [0.2, 0.25) is 0 Å². The Morgan fingerprint density at radius 1 is 1.14 bits per heavy atom. The van der Waals surface area contributed by atoms with E-state index in [1.165, 1.54) is 0 Å². The van der Waals surface area contributed by atoms with Crippen LogP contribution in [0, 0.1) is 0 Å². The number of ether oxygens (including phenoxy) is 2. The maximum absolute atomic E-state index is 9.16. The first-order valence-corrected chi connectivity index (χ1v) is 7.00. The van der Waals surface area contributed by atoms with E-state index in [1.807, 2.05) is 49.4 Å². The van der Waals surface area contributed by atoms with Crippen molar-refractivity contribution in [1.82, 2.24) is 0 Å². The Morgan fingerprint density at radius 3 is 2.67 bits per heavy atom. The summed E-state index contributed by atoms with van der Waals surface area (Å²) in [7, 11) is 1.65. The lowest BCUT2D eigenvalue weighted by Crippen LogP contribution is -2.04. The first-order valence-electron chi connectivity index (χ1n) is 7.00. The lowest BCUT2D eigenvalue weighted by Gasteiger charge is -2.15. The molecule has 0 saturated heterocycles. The summed E-state index contributed by atoms with van der Waals surface area (Å²) in [4.78, 5) is 0. The molecule has 0 radical (unpaired) electrons. The molecule has 21 heavy (non-hydrogen) atoms. The van der Waals surface area contributed by atoms with Crippen molar-refractivity contribution in [2.45, 2.75) is 20.1 Å². The normalized spacial score (nSPS) is 10.2. The van der Waals surface area contributed by atoms with Crippen molar-refractivity contribution in [3.63, 3.8) is 0 Å². The SMILES string of the molecule is CCOc1cccc(CNc2cccc(CO)c2)c1OC. The molecule has 0 atom stereocenters. The zero-order chi connectivity index (χ0) is 15.1. The minimum Gasteiger partial charge on any atom is -0.493 e. The first-order chi connectivity index (χ1) is 10.3. The van der Waals surface area contributed by atoms with E-state index in [0.29, 0.717) is 13.2 Å². The maximum Gasteiger partial charge on any atom is 0.165 e. The number of rotatable bonds is 7. The Morgan fingerprint density at radius 2 is 1.95 bits per heavy atom. The van der Waals surface area contributed by atoms with Gasteiger partial charge in [0, 0.05) is 17.8 Å².